The lowest BCUT2D eigenvalue weighted by atomic mass is 10.1. The smallest absolute Gasteiger partial charge is 0.147 e. The number of nitrogens with zero attached hydrogens (tertiary/aromatic N) is 6. The van der Waals surface area contributed by atoms with Gasteiger partial charge in [0.1, 0.15) is 29.6 Å². The highest BCUT2D eigenvalue weighted by atomic mass is 15.4. The van der Waals surface area contributed by atoms with Gasteiger partial charge in [0, 0.05) is 31.6 Å². The van der Waals surface area contributed by atoms with Gasteiger partial charge in [-0.05, 0) is 26.2 Å². The molecule has 2 aromatic heterocycles. The van der Waals surface area contributed by atoms with Crippen molar-refractivity contribution in [3.63, 3.8) is 0 Å². The van der Waals surface area contributed by atoms with Crippen molar-refractivity contribution in [2.45, 2.75) is 45.2 Å². The summed E-state index contributed by atoms with van der Waals surface area (Å²) >= 11 is 0. The zero-order valence-corrected chi connectivity index (χ0v) is 12.9. The summed E-state index contributed by atoms with van der Waals surface area (Å²) in [5.74, 6) is 3.88. The van der Waals surface area contributed by atoms with Crippen LogP contribution in [0.15, 0.2) is 12.4 Å². The first kappa shape index (κ1) is 13.5. The predicted octanol–water partition coefficient (Wildman–Crippen LogP) is 1.40. The summed E-state index contributed by atoms with van der Waals surface area (Å²) in [6.45, 7) is 4.99. The normalized spacial score (nSPS) is 21.0. The van der Waals surface area contributed by atoms with E-state index in [1.807, 2.05) is 11.6 Å². The fourth-order valence-corrected chi connectivity index (χ4v) is 3.31. The Kier molecular flexibility index (Phi) is 3.40. The molecule has 1 fully saturated rings. The highest BCUT2D eigenvalue weighted by Gasteiger charge is 2.21. The molecule has 22 heavy (non-hydrogen) atoms. The number of hydrogen-bond acceptors (Lipinski definition) is 6. The zero-order chi connectivity index (χ0) is 14.9. The van der Waals surface area contributed by atoms with Gasteiger partial charge in [0.05, 0.1) is 6.54 Å². The van der Waals surface area contributed by atoms with Crippen LogP contribution in [-0.2, 0) is 13.0 Å². The second-order valence-corrected chi connectivity index (χ2v) is 6.09. The molecule has 1 N–H and O–H groups in total. The number of aryl methyl sites for hydroxylation is 2. The van der Waals surface area contributed by atoms with Crippen LogP contribution in [0.25, 0.3) is 0 Å². The van der Waals surface area contributed by atoms with Crippen LogP contribution in [0.3, 0.4) is 0 Å². The lowest BCUT2D eigenvalue weighted by Crippen LogP contribution is -2.32. The summed E-state index contributed by atoms with van der Waals surface area (Å²) in [7, 11) is 0. The van der Waals surface area contributed by atoms with Crippen molar-refractivity contribution in [1.82, 2.24) is 24.7 Å². The molecule has 2 aromatic rings. The van der Waals surface area contributed by atoms with Crippen molar-refractivity contribution in [2.24, 2.45) is 0 Å². The Morgan fingerprint density at radius 2 is 2.09 bits per heavy atom. The second-order valence-electron chi connectivity index (χ2n) is 6.09. The molecule has 0 radical (unpaired) electrons. The first-order valence-electron chi connectivity index (χ1n) is 8.02. The van der Waals surface area contributed by atoms with Gasteiger partial charge in [0.15, 0.2) is 0 Å². The highest BCUT2D eigenvalue weighted by Crippen LogP contribution is 2.21. The predicted molar refractivity (Wildman–Crippen MR) is 84.0 cm³/mol. The van der Waals surface area contributed by atoms with E-state index in [0.29, 0.717) is 6.04 Å². The molecule has 1 unspecified atom stereocenters. The van der Waals surface area contributed by atoms with Crippen LogP contribution in [0, 0.1) is 6.92 Å². The maximum absolute atomic E-state index is 4.45. The maximum Gasteiger partial charge on any atom is 0.147 e. The molecule has 4 rings (SSSR count). The molecular formula is C15H21N7. The molecule has 0 aliphatic carbocycles. The van der Waals surface area contributed by atoms with Crippen molar-refractivity contribution in [3.05, 3.63) is 24.0 Å². The molecule has 116 valence electrons. The molecule has 0 aromatic carbocycles. The van der Waals surface area contributed by atoms with Gasteiger partial charge in [-0.2, -0.15) is 5.10 Å². The number of hydrogen-bond donors (Lipinski definition) is 1. The van der Waals surface area contributed by atoms with Gasteiger partial charge < -0.3 is 10.2 Å². The van der Waals surface area contributed by atoms with Crippen molar-refractivity contribution in [1.29, 1.82) is 0 Å². The van der Waals surface area contributed by atoms with E-state index in [1.54, 1.807) is 6.33 Å². The van der Waals surface area contributed by atoms with Crippen LogP contribution < -0.4 is 10.2 Å². The molecule has 7 nitrogen and oxygen atoms in total. The van der Waals surface area contributed by atoms with Gasteiger partial charge >= 0.3 is 0 Å². The van der Waals surface area contributed by atoms with Crippen LogP contribution >= 0.6 is 0 Å². The monoisotopic (exact) mass is 299 g/mol. The van der Waals surface area contributed by atoms with Crippen LogP contribution in [0.4, 0.5) is 11.6 Å². The number of aromatic nitrogens is 5. The van der Waals surface area contributed by atoms with Crippen molar-refractivity contribution >= 4 is 11.6 Å². The van der Waals surface area contributed by atoms with E-state index >= 15 is 0 Å². The Morgan fingerprint density at radius 3 is 2.95 bits per heavy atom. The van der Waals surface area contributed by atoms with Gasteiger partial charge in [-0.3, -0.25) is 0 Å². The molecule has 0 bridgehead atoms. The summed E-state index contributed by atoms with van der Waals surface area (Å²) in [5, 5.41) is 7.98. The quantitative estimate of drug-likeness (QED) is 0.924. The standard InChI is InChI=1S/C15H21N7/c1-11-18-14-5-4-12(9-22(14)20-11)19-13-8-15(17-10-16-13)21-6-2-3-7-21/h8,10,12H,2-7,9H2,1H3,(H,16,17,19). The van der Waals surface area contributed by atoms with Gasteiger partial charge in [-0.25, -0.2) is 19.6 Å². The molecule has 0 saturated carbocycles. The molecule has 2 aliphatic rings. The van der Waals surface area contributed by atoms with E-state index in [-0.39, 0.29) is 0 Å². The topological polar surface area (TPSA) is 71.8 Å². The van der Waals surface area contributed by atoms with Crippen molar-refractivity contribution in [3.8, 4) is 0 Å². The largest absolute Gasteiger partial charge is 0.365 e. The average Bonchev–Trinajstić information content (AvgIpc) is 3.15. The third-order valence-corrected chi connectivity index (χ3v) is 4.40. The van der Waals surface area contributed by atoms with Gasteiger partial charge in [-0.1, -0.05) is 0 Å². The molecule has 0 amide bonds. The van der Waals surface area contributed by atoms with Crippen LogP contribution in [0.5, 0.6) is 0 Å². The van der Waals surface area contributed by atoms with Crippen molar-refractivity contribution in [2.75, 3.05) is 23.3 Å². The lowest BCUT2D eigenvalue weighted by Gasteiger charge is -2.24. The molecule has 0 spiro atoms. The molecule has 1 saturated heterocycles. The molecular weight excluding hydrogens is 278 g/mol. The zero-order valence-electron chi connectivity index (χ0n) is 12.9. The third-order valence-electron chi connectivity index (χ3n) is 4.40. The van der Waals surface area contributed by atoms with E-state index in [2.05, 4.69) is 36.3 Å². The minimum Gasteiger partial charge on any atom is -0.365 e. The number of fused-ring (bicyclic) bond motifs is 1. The van der Waals surface area contributed by atoms with E-state index in [9.17, 15) is 0 Å². The van der Waals surface area contributed by atoms with Gasteiger partial charge in [0.2, 0.25) is 0 Å². The van der Waals surface area contributed by atoms with Crippen LogP contribution in [0.2, 0.25) is 0 Å². The Balaban J connectivity index is 1.46. The van der Waals surface area contributed by atoms with E-state index < -0.39 is 0 Å². The number of anilines is 2. The summed E-state index contributed by atoms with van der Waals surface area (Å²) in [6.07, 6.45) is 6.18. The van der Waals surface area contributed by atoms with Crippen molar-refractivity contribution < 1.29 is 0 Å². The SMILES string of the molecule is Cc1nc2n(n1)CC(Nc1cc(N3CCCC3)ncn1)CC2. The Labute approximate surface area is 129 Å². The Bertz CT molecular complexity index is 660. The van der Waals surface area contributed by atoms with Crippen LogP contribution in [-0.4, -0.2) is 43.9 Å². The van der Waals surface area contributed by atoms with E-state index in [4.69, 9.17) is 0 Å². The van der Waals surface area contributed by atoms with E-state index in [0.717, 1.165) is 55.8 Å². The Hall–Kier alpha value is -2.18. The number of nitrogens with one attached hydrogen (secondary N) is 1. The maximum atomic E-state index is 4.45. The molecule has 2 aliphatic heterocycles. The molecule has 1 atom stereocenters. The third kappa shape index (κ3) is 2.63. The summed E-state index contributed by atoms with van der Waals surface area (Å²) in [4.78, 5) is 15.5. The minimum absolute atomic E-state index is 0.343. The average molecular weight is 299 g/mol. The lowest BCUT2D eigenvalue weighted by molar-refractivity contribution is 0.440. The first-order valence-corrected chi connectivity index (χ1v) is 8.02. The summed E-state index contributed by atoms with van der Waals surface area (Å²) < 4.78 is 2.01. The first-order chi connectivity index (χ1) is 10.8. The molecule has 4 heterocycles. The Morgan fingerprint density at radius 1 is 1.23 bits per heavy atom. The second kappa shape index (κ2) is 5.55. The minimum atomic E-state index is 0.343. The molecule has 7 heteroatoms. The van der Waals surface area contributed by atoms with Gasteiger partial charge in [-0.15, -0.1) is 0 Å². The fraction of sp³-hybridized carbons (Fsp3) is 0.600. The summed E-state index contributed by atoms with van der Waals surface area (Å²) in [5.41, 5.74) is 0. The number of rotatable bonds is 3. The highest BCUT2D eigenvalue weighted by molar-refractivity contribution is 5.49. The van der Waals surface area contributed by atoms with Gasteiger partial charge in [0.25, 0.3) is 0 Å². The van der Waals surface area contributed by atoms with E-state index in [1.165, 1.54) is 12.8 Å². The fourth-order valence-electron chi connectivity index (χ4n) is 3.31. The summed E-state index contributed by atoms with van der Waals surface area (Å²) in [6, 6.07) is 2.41. The van der Waals surface area contributed by atoms with Crippen LogP contribution in [0.1, 0.15) is 30.9 Å².